The van der Waals surface area contributed by atoms with Crippen LogP contribution in [0.1, 0.15) is 30.1 Å². The van der Waals surface area contributed by atoms with Gasteiger partial charge in [0.1, 0.15) is 16.4 Å². The van der Waals surface area contributed by atoms with Gasteiger partial charge in [-0.1, -0.05) is 18.2 Å². The number of carbonyl (C=O) groups is 1. The van der Waals surface area contributed by atoms with E-state index in [2.05, 4.69) is 5.32 Å². The maximum atomic E-state index is 13.5. The number of rotatable bonds is 10. The molecule has 208 valence electrons. The van der Waals surface area contributed by atoms with Crippen LogP contribution in [0.3, 0.4) is 0 Å². The summed E-state index contributed by atoms with van der Waals surface area (Å²) in [5.41, 5.74) is 0.683. The van der Waals surface area contributed by atoms with E-state index in [9.17, 15) is 21.6 Å². The van der Waals surface area contributed by atoms with Gasteiger partial charge in [-0.15, -0.1) is 0 Å². The second-order valence-electron chi connectivity index (χ2n) is 8.80. The summed E-state index contributed by atoms with van der Waals surface area (Å²) in [4.78, 5) is 13.1. The highest BCUT2D eigenvalue weighted by atomic mass is 32.2. The molecule has 39 heavy (non-hydrogen) atoms. The van der Waals surface area contributed by atoms with Gasteiger partial charge in [-0.3, -0.25) is 9.10 Å². The number of nitrogens with zero attached hydrogens (tertiary/aromatic N) is 2. The van der Waals surface area contributed by atoms with Crippen LogP contribution >= 0.6 is 0 Å². The lowest BCUT2D eigenvalue weighted by Crippen LogP contribution is -2.30. The molecule has 0 unspecified atom stereocenters. The Morgan fingerprint density at radius 1 is 0.897 bits per heavy atom. The Bertz CT molecular complexity index is 1550. The Morgan fingerprint density at radius 2 is 1.54 bits per heavy atom. The van der Waals surface area contributed by atoms with Gasteiger partial charge in [0.05, 0.1) is 30.5 Å². The number of methoxy groups -OCH3 is 2. The molecule has 0 radical (unpaired) electrons. The van der Waals surface area contributed by atoms with Gasteiger partial charge in [0.2, 0.25) is 10.0 Å². The molecule has 0 atom stereocenters. The number of ether oxygens (including phenoxy) is 2. The average molecular weight is 574 g/mol. The Kier molecular flexibility index (Phi) is 8.48. The van der Waals surface area contributed by atoms with E-state index < -0.39 is 26.0 Å². The largest absolute Gasteiger partial charge is 0.495 e. The Hall–Kier alpha value is -3.61. The molecule has 1 N–H and O–H groups in total. The molecule has 1 heterocycles. The predicted molar refractivity (Wildman–Crippen MR) is 149 cm³/mol. The fourth-order valence-corrected chi connectivity index (χ4v) is 7.64. The molecule has 3 aromatic carbocycles. The molecule has 0 aliphatic carbocycles. The second-order valence-corrected chi connectivity index (χ2v) is 12.6. The van der Waals surface area contributed by atoms with E-state index in [0.717, 1.165) is 12.8 Å². The van der Waals surface area contributed by atoms with Gasteiger partial charge in [-0.25, -0.2) is 16.8 Å². The molecule has 4 rings (SSSR count). The minimum Gasteiger partial charge on any atom is -0.495 e. The number of nitrogens with one attached hydrogen (secondary N) is 1. The highest BCUT2D eigenvalue weighted by molar-refractivity contribution is 7.92. The molecule has 1 fully saturated rings. The number of sulfonamides is 2. The number of hydrogen-bond acceptors (Lipinski definition) is 7. The maximum absolute atomic E-state index is 13.5. The van der Waals surface area contributed by atoms with Crippen LogP contribution < -0.4 is 19.1 Å². The third kappa shape index (κ3) is 5.72. The van der Waals surface area contributed by atoms with Crippen LogP contribution in [0.2, 0.25) is 0 Å². The second kappa shape index (κ2) is 11.6. The number of amides is 1. The van der Waals surface area contributed by atoms with Gasteiger partial charge in [0, 0.05) is 25.2 Å². The van der Waals surface area contributed by atoms with Crippen LogP contribution in [0.15, 0.2) is 76.5 Å². The summed E-state index contributed by atoms with van der Waals surface area (Å²) in [5, 5.41) is 2.68. The van der Waals surface area contributed by atoms with E-state index in [1.54, 1.807) is 37.3 Å². The standard InChI is InChI=1S/C27H31N3O7S2/c1-4-30(21-10-6-5-7-11-21)38(32,33)22-13-15-24(36-2)23(19-22)28-27(31)20-12-14-25(37-3)26(18-20)39(34,35)29-16-8-9-17-29/h5-7,10-15,18-19H,4,8-9,16-17H2,1-3H3,(H,28,31). The molecule has 1 saturated heterocycles. The molecular formula is C27H31N3O7S2. The first-order valence-electron chi connectivity index (χ1n) is 12.4. The first kappa shape index (κ1) is 28.4. The maximum Gasteiger partial charge on any atom is 0.264 e. The van der Waals surface area contributed by atoms with Crippen molar-refractivity contribution in [3.05, 3.63) is 72.3 Å². The minimum atomic E-state index is -3.97. The molecule has 0 spiro atoms. The first-order chi connectivity index (χ1) is 18.6. The van der Waals surface area contributed by atoms with Gasteiger partial charge in [-0.05, 0) is 68.3 Å². The van der Waals surface area contributed by atoms with E-state index in [0.29, 0.717) is 18.8 Å². The van der Waals surface area contributed by atoms with Crippen molar-refractivity contribution in [2.75, 3.05) is 43.5 Å². The fraction of sp³-hybridized carbons (Fsp3) is 0.296. The van der Waals surface area contributed by atoms with Crippen molar-refractivity contribution in [3.63, 3.8) is 0 Å². The molecule has 12 heteroatoms. The third-order valence-corrected chi connectivity index (χ3v) is 10.3. The van der Waals surface area contributed by atoms with Crippen LogP contribution in [0.5, 0.6) is 11.5 Å². The Balaban J connectivity index is 1.68. The monoisotopic (exact) mass is 573 g/mol. The number of benzene rings is 3. The van der Waals surface area contributed by atoms with Gasteiger partial charge >= 0.3 is 0 Å². The molecule has 0 saturated carbocycles. The van der Waals surface area contributed by atoms with E-state index in [1.165, 1.54) is 59.2 Å². The van der Waals surface area contributed by atoms with Gasteiger partial charge < -0.3 is 14.8 Å². The lowest BCUT2D eigenvalue weighted by atomic mass is 10.2. The molecular weight excluding hydrogens is 542 g/mol. The van der Waals surface area contributed by atoms with Crippen LogP contribution in [-0.2, 0) is 20.0 Å². The van der Waals surface area contributed by atoms with Gasteiger partial charge in [0.15, 0.2) is 0 Å². The summed E-state index contributed by atoms with van der Waals surface area (Å²) in [5.74, 6) is -0.271. The zero-order chi connectivity index (χ0) is 28.2. The summed E-state index contributed by atoms with van der Waals surface area (Å²) in [7, 11) is -5.08. The van der Waals surface area contributed by atoms with Crippen molar-refractivity contribution in [1.82, 2.24) is 4.31 Å². The molecule has 1 aliphatic heterocycles. The molecule has 1 amide bonds. The number of anilines is 2. The zero-order valence-corrected chi connectivity index (χ0v) is 23.6. The number of carbonyl (C=O) groups excluding carboxylic acids is 1. The van der Waals surface area contributed by atoms with Crippen LogP contribution in [0.25, 0.3) is 0 Å². The molecule has 1 aliphatic rings. The molecule has 10 nitrogen and oxygen atoms in total. The van der Waals surface area contributed by atoms with Crippen LogP contribution in [0.4, 0.5) is 11.4 Å². The number of hydrogen-bond donors (Lipinski definition) is 1. The summed E-state index contributed by atoms with van der Waals surface area (Å²) >= 11 is 0. The highest BCUT2D eigenvalue weighted by Gasteiger charge is 2.31. The van der Waals surface area contributed by atoms with E-state index >= 15 is 0 Å². The van der Waals surface area contributed by atoms with E-state index in [-0.39, 0.29) is 39.1 Å². The fourth-order valence-electron chi connectivity index (χ4n) is 4.44. The summed E-state index contributed by atoms with van der Waals surface area (Å²) in [6.07, 6.45) is 1.53. The average Bonchev–Trinajstić information content (AvgIpc) is 3.50. The summed E-state index contributed by atoms with van der Waals surface area (Å²) in [6, 6.07) is 17.0. The number of para-hydroxylation sites is 1. The topological polar surface area (TPSA) is 122 Å². The normalized spacial score (nSPS) is 14.1. The van der Waals surface area contributed by atoms with Crippen molar-refractivity contribution in [3.8, 4) is 11.5 Å². The molecule has 0 bridgehead atoms. The Morgan fingerprint density at radius 3 is 2.15 bits per heavy atom. The minimum absolute atomic E-state index is 0.0451. The Labute approximate surface area is 229 Å². The SMILES string of the molecule is CCN(c1ccccc1)S(=O)(=O)c1ccc(OC)c(NC(=O)c2ccc(OC)c(S(=O)(=O)N3CCCC3)c2)c1. The van der Waals surface area contributed by atoms with E-state index in [1.807, 2.05) is 0 Å². The quantitative estimate of drug-likeness (QED) is 0.390. The summed E-state index contributed by atoms with van der Waals surface area (Å²) in [6.45, 7) is 2.73. The van der Waals surface area contributed by atoms with Crippen LogP contribution in [-0.4, -0.2) is 60.9 Å². The first-order valence-corrected chi connectivity index (χ1v) is 15.3. The van der Waals surface area contributed by atoms with Gasteiger partial charge in [-0.2, -0.15) is 4.31 Å². The summed E-state index contributed by atoms with van der Waals surface area (Å²) < 4.78 is 66.8. The predicted octanol–water partition coefficient (Wildman–Crippen LogP) is 3.96. The van der Waals surface area contributed by atoms with Crippen molar-refractivity contribution in [2.24, 2.45) is 0 Å². The van der Waals surface area contributed by atoms with Crippen molar-refractivity contribution >= 4 is 37.3 Å². The van der Waals surface area contributed by atoms with Crippen molar-refractivity contribution in [2.45, 2.75) is 29.6 Å². The smallest absolute Gasteiger partial charge is 0.264 e. The van der Waals surface area contributed by atoms with Crippen molar-refractivity contribution < 1.29 is 31.1 Å². The van der Waals surface area contributed by atoms with E-state index in [4.69, 9.17) is 9.47 Å². The molecule has 0 aromatic heterocycles. The lowest BCUT2D eigenvalue weighted by Gasteiger charge is -2.23. The zero-order valence-electron chi connectivity index (χ0n) is 22.0. The van der Waals surface area contributed by atoms with Crippen molar-refractivity contribution in [1.29, 1.82) is 0 Å². The lowest BCUT2D eigenvalue weighted by molar-refractivity contribution is 0.102. The van der Waals surface area contributed by atoms with Gasteiger partial charge in [0.25, 0.3) is 15.9 Å². The van der Waals surface area contributed by atoms with Crippen LogP contribution in [0, 0.1) is 0 Å². The molecule has 3 aromatic rings. The highest BCUT2D eigenvalue weighted by Crippen LogP contribution is 2.33. The third-order valence-electron chi connectivity index (χ3n) is 6.45.